The molecule has 0 atom stereocenters. The number of hydrogen-bond donors (Lipinski definition) is 1. The van der Waals surface area contributed by atoms with Crippen LogP contribution >= 0.6 is 0 Å². The van der Waals surface area contributed by atoms with Crippen LogP contribution in [0.1, 0.15) is 0 Å². The van der Waals surface area contributed by atoms with Gasteiger partial charge in [-0.25, -0.2) is 4.39 Å². The van der Waals surface area contributed by atoms with Gasteiger partial charge in [0.15, 0.2) is 0 Å². The molecule has 1 aliphatic rings. The predicted molar refractivity (Wildman–Crippen MR) is 65.9 cm³/mol. The van der Waals surface area contributed by atoms with Crippen molar-refractivity contribution in [3.63, 3.8) is 0 Å². The molecule has 4 nitrogen and oxygen atoms in total. The summed E-state index contributed by atoms with van der Waals surface area (Å²) in [5, 5.41) is 2.84. The van der Waals surface area contributed by atoms with Gasteiger partial charge in [0.05, 0.1) is 17.9 Å². The lowest BCUT2D eigenvalue weighted by Crippen LogP contribution is -2.45. The van der Waals surface area contributed by atoms with Crippen molar-refractivity contribution in [1.29, 1.82) is 0 Å². The fraction of sp³-hybridized carbons (Fsp3) is 0.417. The van der Waals surface area contributed by atoms with Gasteiger partial charge in [-0.1, -0.05) is 0 Å². The van der Waals surface area contributed by atoms with E-state index in [9.17, 15) is 9.18 Å². The monoisotopic (exact) mass is 237 g/mol. The second-order valence-corrected chi connectivity index (χ2v) is 4.13. The third kappa shape index (κ3) is 2.24. The van der Waals surface area contributed by atoms with E-state index >= 15 is 0 Å². The van der Waals surface area contributed by atoms with Gasteiger partial charge in [-0.3, -0.25) is 4.79 Å². The quantitative estimate of drug-likeness (QED) is 0.827. The van der Waals surface area contributed by atoms with Crippen molar-refractivity contribution in [2.24, 2.45) is 0 Å². The predicted octanol–water partition coefficient (Wildman–Crippen LogP) is 0.828. The zero-order valence-electron chi connectivity index (χ0n) is 10.0. The van der Waals surface area contributed by atoms with Crippen molar-refractivity contribution in [2.45, 2.75) is 0 Å². The topological polar surface area (TPSA) is 35.6 Å². The van der Waals surface area contributed by atoms with Crippen molar-refractivity contribution in [3.05, 3.63) is 24.0 Å². The van der Waals surface area contributed by atoms with Crippen LogP contribution in [0.4, 0.5) is 15.8 Å². The van der Waals surface area contributed by atoms with Crippen LogP contribution in [0.25, 0.3) is 0 Å². The first kappa shape index (κ1) is 11.9. The Bertz CT molecular complexity index is 436. The standard InChI is InChI=1S/C12H16FN3O/c1-14-8-12(17)16-6-5-15(2)11-7-9(13)3-4-10(11)16/h3-4,7,14H,5-6,8H2,1-2H3. The maximum Gasteiger partial charge on any atom is 0.241 e. The highest BCUT2D eigenvalue weighted by Gasteiger charge is 2.24. The minimum Gasteiger partial charge on any atom is -0.371 e. The Labute approximate surface area is 100 Å². The maximum atomic E-state index is 13.2. The SMILES string of the molecule is CNCC(=O)N1CCN(C)c2cc(F)ccc21. The molecule has 92 valence electrons. The van der Waals surface area contributed by atoms with Crippen LogP contribution in [0.3, 0.4) is 0 Å². The van der Waals surface area contributed by atoms with E-state index in [4.69, 9.17) is 0 Å². The molecule has 0 saturated carbocycles. The fourth-order valence-electron chi connectivity index (χ4n) is 2.03. The highest BCUT2D eigenvalue weighted by atomic mass is 19.1. The van der Waals surface area contributed by atoms with Crippen LogP contribution in [-0.2, 0) is 4.79 Å². The van der Waals surface area contributed by atoms with Gasteiger partial charge in [0.25, 0.3) is 0 Å². The highest BCUT2D eigenvalue weighted by Crippen LogP contribution is 2.32. The normalized spacial score (nSPS) is 14.8. The third-order valence-electron chi connectivity index (χ3n) is 2.93. The van der Waals surface area contributed by atoms with Gasteiger partial charge < -0.3 is 15.1 Å². The summed E-state index contributed by atoms with van der Waals surface area (Å²) in [6.07, 6.45) is 0. The lowest BCUT2D eigenvalue weighted by Gasteiger charge is -2.35. The van der Waals surface area contributed by atoms with Crippen molar-refractivity contribution in [2.75, 3.05) is 43.5 Å². The molecule has 0 bridgehead atoms. The summed E-state index contributed by atoms with van der Waals surface area (Å²) in [7, 11) is 3.64. The molecule has 1 amide bonds. The molecular weight excluding hydrogens is 221 g/mol. The minimum absolute atomic E-state index is 0.00783. The van der Waals surface area contributed by atoms with E-state index in [1.165, 1.54) is 12.1 Å². The molecule has 5 heteroatoms. The number of nitrogens with one attached hydrogen (secondary N) is 1. The van der Waals surface area contributed by atoms with Crippen molar-refractivity contribution in [1.82, 2.24) is 5.32 Å². The number of anilines is 2. The molecule has 1 heterocycles. The van der Waals surface area contributed by atoms with Crippen molar-refractivity contribution >= 4 is 17.3 Å². The molecule has 17 heavy (non-hydrogen) atoms. The first-order valence-electron chi connectivity index (χ1n) is 5.59. The van der Waals surface area contributed by atoms with Gasteiger partial charge >= 0.3 is 0 Å². The van der Waals surface area contributed by atoms with Gasteiger partial charge in [-0.2, -0.15) is 0 Å². The van der Waals surface area contributed by atoms with E-state index in [1.807, 2.05) is 11.9 Å². The first-order chi connectivity index (χ1) is 8.13. The Balaban J connectivity index is 2.35. The van der Waals surface area contributed by atoms with Crippen molar-refractivity contribution in [3.8, 4) is 0 Å². The third-order valence-corrected chi connectivity index (χ3v) is 2.93. The number of benzene rings is 1. The molecule has 0 fully saturated rings. The average Bonchev–Trinajstić information content (AvgIpc) is 2.30. The van der Waals surface area contributed by atoms with Gasteiger partial charge in [-0.05, 0) is 25.2 Å². The van der Waals surface area contributed by atoms with Gasteiger partial charge in [0, 0.05) is 20.1 Å². The molecule has 1 aromatic carbocycles. The number of carbonyl (C=O) groups excluding carboxylic acids is 1. The molecule has 0 radical (unpaired) electrons. The summed E-state index contributed by atoms with van der Waals surface area (Å²) in [5.74, 6) is -0.271. The summed E-state index contributed by atoms with van der Waals surface area (Å²) in [5.41, 5.74) is 1.54. The van der Waals surface area contributed by atoms with Gasteiger partial charge in [-0.15, -0.1) is 0 Å². The van der Waals surface area contributed by atoms with Crippen LogP contribution < -0.4 is 15.1 Å². The summed E-state index contributed by atoms with van der Waals surface area (Å²) in [6.45, 7) is 1.64. The lowest BCUT2D eigenvalue weighted by molar-refractivity contribution is -0.117. The van der Waals surface area contributed by atoms with E-state index < -0.39 is 0 Å². The second-order valence-electron chi connectivity index (χ2n) is 4.13. The number of nitrogens with zero attached hydrogens (tertiary/aromatic N) is 2. The van der Waals surface area contributed by atoms with E-state index in [0.29, 0.717) is 19.6 Å². The highest BCUT2D eigenvalue weighted by molar-refractivity contribution is 5.98. The number of rotatable bonds is 2. The van der Waals surface area contributed by atoms with E-state index in [-0.39, 0.29) is 11.7 Å². The first-order valence-corrected chi connectivity index (χ1v) is 5.59. The summed E-state index contributed by atoms with van der Waals surface area (Å²) in [6, 6.07) is 4.51. The molecule has 0 aliphatic carbocycles. The molecule has 1 aromatic rings. The molecule has 2 rings (SSSR count). The number of halogens is 1. The largest absolute Gasteiger partial charge is 0.371 e. The smallest absolute Gasteiger partial charge is 0.241 e. The Kier molecular flexibility index (Phi) is 3.28. The number of fused-ring (bicyclic) bond motifs is 1. The molecule has 0 unspecified atom stereocenters. The lowest BCUT2D eigenvalue weighted by atomic mass is 10.1. The Morgan fingerprint density at radius 2 is 2.18 bits per heavy atom. The molecule has 0 saturated heterocycles. The van der Waals surface area contributed by atoms with Crippen LogP contribution in [0, 0.1) is 5.82 Å². The van der Waals surface area contributed by atoms with Crippen LogP contribution in [-0.4, -0.2) is 39.6 Å². The molecular formula is C12H16FN3O. The average molecular weight is 237 g/mol. The van der Waals surface area contributed by atoms with Crippen LogP contribution in [0.2, 0.25) is 0 Å². The molecule has 1 N–H and O–H groups in total. The van der Waals surface area contributed by atoms with E-state index in [1.54, 1.807) is 18.0 Å². The summed E-state index contributed by atoms with van der Waals surface area (Å²) >= 11 is 0. The van der Waals surface area contributed by atoms with Crippen LogP contribution in [0.5, 0.6) is 0 Å². The number of hydrogen-bond acceptors (Lipinski definition) is 3. The van der Waals surface area contributed by atoms with Crippen LogP contribution in [0.15, 0.2) is 18.2 Å². The van der Waals surface area contributed by atoms with Crippen molar-refractivity contribution < 1.29 is 9.18 Å². The number of likely N-dealkylation sites (N-methyl/N-ethyl adjacent to an activating group) is 2. The zero-order chi connectivity index (χ0) is 12.4. The molecule has 0 spiro atoms. The molecule has 1 aliphatic heterocycles. The fourth-order valence-corrected chi connectivity index (χ4v) is 2.03. The maximum absolute atomic E-state index is 13.2. The van der Waals surface area contributed by atoms with Gasteiger partial charge in [0.2, 0.25) is 5.91 Å². The Hall–Kier alpha value is -1.62. The number of amides is 1. The van der Waals surface area contributed by atoms with Gasteiger partial charge in [0.1, 0.15) is 5.82 Å². The Morgan fingerprint density at radius 1 is 1.41 bits per heavy atom. The Morgan fingerprint density at radius 3 is 2.88 bits per heavy atom. The summed E-state index contributed by atoms with van der Waals surface area (Å²) < 4.78 is 13.2. The zero-order valence-corrected chi connectivity index (χ0v) is 10.0. The minimum atomic E-state index is -0.279. The molecule has 0 aromatic heterocycles. The second kappa shape index (κ2) is 4.71. The van der Waals surface area contributed by atoms with E-state index in [0.717, 1.165) is 11.4 Å². The number of carbonyl (C=O) groups is 1. The summed E-state index contributed by atoms with van der Waals surface area (Å²) in [4.78, 5) is 15.6. The van der Waals surface area contributed by atoms with E-state index in [2.05, 4.69) is 5.32 Å².